The summed E-state index contributed by atoms with van der Waals surface area (Å²) in [6.45, 7) is 7.07. The zero-order valence-corrected chi connectivity index (χ0v) is 9.79. The molecule has 0 spiro atoms. The fourth-order valence-electron chi connectivity index (χ4n) is 3.01. The molecule has 3 atom stereocenters. The molecular formula is C11H21NS. The Morgan fingerprint density at radius 2 is 2.15 bits per heavy atom. The molecule has 0 radical (unpaired) electrons. The summed E-state index contributed by atoms with van der Waals surface area (Å²) >= 11 is 2.20. The molecular weight excluding hydrogens is 178 g/mol. The van der Waals surface area contributed by atoms with Crippen LogP contribution in [0.25, 0.3) is 0 Å². The summed E-state index contributed by atoms with van der Waals surface area (Å²) in [5.41, 5.74) is 0.376. The second-order valence-corrected chi connectivity index (χ2v) is 6.51. The van der Waals surface area contributed by atoms with Gasteiger partial charge >= 0.3 is 0 Å². The van der Waals surface area contributed by atoms with Crippen molar-refractivity contribution in [3.05, 3.63) is 0 Å². The summed E-state index contributed by atoms with van der Waals surface area (Å²) in [4.78, 5) is 0. The van der Waals surface area contributed by atoms with E-state index in [1.165, 1.54) is 25.0 Å². The quantitative estimate of drug-likeness (QED) is 0.697. The van der Waals surface area contributed by atoms with Gasteiger partial charge in [0, 0.05) is 16.8 Å². The van der Waals surface area contributed by atoms with Crippen LogP contribution in [0.5, 0.6) is 0 Å². The van der Waals surface area contributed by atoms with Gasteiger partial charge in [0.15, 0.2) is 0 Å². The molecule has 2 heterocycles. The van der Waals surface area contributed by atoms with E-state index in [4.69, 9.17) is 0 Å². The summed E-state index contributed by atoms with van der Waals surface area (Å²) in [6, 6.07) is 0.723. The lowest BCUT2D eigenvalue weighted by atomic mass is 9.84. The highest BCUT2D eigenvalue weighted by Crippen LogP contribution is 2.42. The molecule has 2 saturated heterocycles. The Bertz CT molecular complexity index is 185. The lowest BCUT2D eigenvalue weighted by Crippen LogP contribution is -2.43. The van der Waals surface area contributed by atoms with Gasteiger partial charge in [-0.2, -0.15) is 11.8 Å². The number of hydrogen-bond acceptors (Lipinski definition) is 2. The van der Waals surface area contributed by atoms with Crippen LogP contribution in [-0.4, -0.2) is 22.6 Å². The first-order valence-corrected chi connectivity index (χ1v) is 6.54. The third kappa shape index (κ3) is 1.89. The van der Waals surface area contributed by atoms with Crippen molar-refractivity contribution in [2.75, 3.05) is 5.75 Å². The molecule has 0 bridgehead atoms. The molecule has 0 aliphatic carbocycles. The predicted molar refractivity (Wildman–Crippen MR) is 60.3 cm³/mol. The summed E-state index contributed by atoms with van der Waals surface area (Å²) < 4.78 is 0. The highest BCUT2D eigenvalue weighted by Gasteiger charge is 2.43. The molecule has 2 fully saturated rings. The van der Waals surface area contributed by atoms with E-state index in [9.17, 15) is 0 Å². The normalized spacial score (nSPS) is 44.1. The van der Waals surface area contributed by atoms with Crippen molar-refractivity contribution in [1.82, 2.24) is 5.32 Å². The molecule has 1 N–H and O–H groups in total. The van der Waals surface area contributed by atoms with Gasteiger partial charge < -0.3 is 5.32 Å². The molecule has 0 amide bonds. The van der Waals surface area contributed by atoms with Gasteiger partial charge in [-0.3, -0.25) is 0 Å². The minimum atomic E-state index is 0.376. The first-order valence-electron chi connectivity index (χ1n) is 5.49. The van der Waals surface area contributed by atoms with Gasteiger partial charge in [-0.25, -0.2) is 0 Å². The first-order chi connectivity index (χ1) is 6.09. The van der Waals surface area contributed by atoms with E-state index >= 15 is 0 Å². The number of nitrogens with one attached hydrogen (secondary N) is 1. The van der Waals surface area contributed by atoms with Crippen LogP contribution in [0.2, 0.25) is 0 Å². The Morgan fingerprint density at radius 3 is 2.62 bits per heavy atom. The van der Waals surface area contributed by atoms with Crippen molar-refractivity contribution in [2.24, 2.45) is 5.92 Å². The van der Waals surface area contributed by atoms with E-state index < -0.39 is 0 Å². The topological polar surface area (TPSA) is 12.0 Å². The van der Waals surface area contributed by atoms with E-state index in [1.807, 2.05) is 0 Å². The van der Waals surface area contributed by atoms with Crippen molar-refractivity contribution in [3.8, 4) is 0 Å². The van der Waals surface area contributed by atoms with E-state index in [1.54, 1.807) is 0 Å². The van der Waals surface area contributed by atoms with E-state index in [0.717, 1.165) is 17.2 Å². The number of thioether (sulfide) groups is 1. The number of rotatable bonds is 1. The Labute approximate surface area is 86.0 Å². The van der Waals surface area contributed by atoms with Crippen LogP contribution >= 0.6 is 11.8 Å². The van der Waals surface area contributed by atoms with Crippen LogP contribution < -0.4 is 5.32 Å². The Kier molecular flexibility index (Phi) is 2.63. The maximum atomic E-state index is 3.71. The fraction of sp³-hybridized carbons (Fsp3) is 1.00. The van der Waals surface area contributed by atoms with Crippen LogP contribution in [0, 0.1) is 5.92 Å². The average molecular weight is 199 g/mol. The van der Waals surface area contributed by atoms with Crippen LogP contribution in [0.1, 0.15) is 40.0 Å². The van der Waals surface area contributed by atoms with Crippen molar-refractivity contribution in [3.63, 3.8) is 0 Å². The predicted octanol–water partition coefficient (Wildman–Crippen LogP) is 2.66. The molecule has 0 aromatic heterocycles. The first kappa shape index (κ1) is 9.85. The smallest absolute Gasteiger partial charge is 0.0166 e. The van der Waals surface area contributed by atoms with Crippen molar-refractivity contribution in [2.45, 2.75) is 56.9 Å². The second-order valence-electron chi connectivity index (χ2n) is 5.16. The monoisotopic (exact) mass is 199 g/mol. The zero-order valence-electron chi connectivity index (χ0n) is 8.97. The molecule has 1 unspecified atom stereocenters. The molecule has 1 nitrogen and oxygen atoms in total. The maximum Gasteiger partial charge on any atom is 0.0166 e. The van der Waals surface area contributed by atoms with Gasteiger partial charge in [-0.1, -0.05) is 0 Å². The Morgan fingerprint density at radius 1 is 1.38 bits per heavy atom. The molecule has 2 aliphatic rings. The van der Waals surface area contributed by atoms with Gasteiger partial charge in [-0.15, -0.1) is 0 Å². The summed E-state index contributed by atoms with van der Waals surface area (Å²) in [6.07, 6.45) is 4.27. The van der Waals surface area contributed by atoms with E-state index in [0.29, 0.717) is 5.54 Å². The lowest BCUT2D eigenvalue weighted by molar-refractivity contribution is 0.321. The highest BCUT2D eigenvalue weighted by molar-refractivity contribution is 8.00. The SMILES string of the molecule is C[C@@H]1C[C@H](C2CCCS2)C(C)(C)N1. The van der Waals surface area contributed by atoms with Crippen molar-refractivity contribution >= 4 is 11.8 Å². The second kappa shape index (κ2) is 3.47. The largest absolute Gasteiger partial charge is 0.309 e. The van der Waals surface area contributed by atoms with Gasteiger partial charge in [0.1, 0.15) is 0 Å². The minimum Gasteiger partial charge on any atom is -0.309 e. The molecule has 0 saturated carbocycles. The molecule has 76 valence electrons. The van der Waals surface area contributed by atoms with Crippen LogP contribution in [0.15, 0.2) is 0 Å². The summed E-state index contributed by atoms with van der Waals surface area (Å²) in [5.74, 6) is 2.29. The zero-order chi connectivity index (χ0) is 9.47. The van der Waals surface area contributed by atoms with E-state index in [-0.39, 0.29) is 0 Å². The van der Waals surface area contributed by atoms with Gasteiger partial charge in [0.2, 0.25) is 0 Å². The molecule has 2 rings (SSSR count). The number of hydrogen-bond donors (Lipinski definition) is 1. The summed E-state index contributed by atoms with van der Waals surface area (Å²) in [7, 11) is 0. The molecule has 2 heteroatoms. The fourth-order valence-corrected chi connectivity index (χ4v) is 4.67. The van der Waals surface area contributed by atoms with Crippen molar-refractivity contribution < 1.29 is 0 Å². The third-order valence-corrected chi connectivity index (χ3v) is 5.08. The Balaban J connectivity index is 2.05. The molecule has 2 aliphatic heterocycles. The molecule has 0 aromatic carbocycles. The van der Waals surface area contributed by atoms with Crippen LogP contribution in [0.4, 0.5) is 0 Å². The lowest BCUT2D eigenvalue weighted by Gasteiger charge is -2.31. The Hall–Kier alpha value is 0.310. The van der Waals surface area contributed by atoms with Gasteiger partial charge in [0.05, 0.1) is 0 Å². The van der Waals surface area contributed by atoms with Crippen LogP contribution in [-0.2, 0) is 0 Å². The standard InChI is InChI=1S/C11H21NS/c1-8-7-9(11(2,3)12-8)10-5-4-6-13-10/h8-10,12H,4-7H2,1-3H3/t8-,9-,10?/m1/s1. The molecule has 13 heavy (non-hydrogen) atoms. The minimum absolute atomic E-state index is 0.376. The highest BCUT2D eigenvalue weighted by atomic mass is 32.2. The molecule has 0 aromatic rings. The van der Waals surface area contributed by atoms with Gasteiger partial charge in [0.25, 0.3) is 0 Å². The summed E-state index contributed by atoms with van der Waals surface area (Å²) in [5, 5.41) is 4.64. The van der Waals surface area contributed by atoms with Crippen LogP contribution in [0.3, 0.4) is 0 Å². The van der Waals surface area contributed by atoms with Crippen molar-refractivity contribution in [1.29, 1.82) is 0 Å². The third-order valence-electron chi connectivity index (χ3n) is 3.57. The van der Waals surface area contributed by atoms with E-state index in [2.05, 4.69) is 37.8 Å². The average Bonchev–Trinajstić information content (AvgIpc) is 2.56. The maximum absolute atomic E-state index is 3.71. The van der Waals surface area contributed by atoms with Gasteiger partial charge in [-0.05, 0) is 51.7 Å².